The van der Waals surface area contributed by atoms with Gasteiger partial charge in [-0.25, -0.2) is 0 Å². The van der Waals surface area contributed by atoms with Crippen molar-refractivity contribution in [1.29, 1.82) is 0 Å². The number of ketones is 1. The summed E-state index contributed by atoms with van der Waals surface area (Å²) >= 11 is 0. The molecule has 0 aliphatic carbocycles. The Morgan fingerprint density at radius 2 is 1.65 bits per heavy atom. The van der Waals surface area contributed by atoms with Crippen molar-refractivity contribution in [2.24, 2.45) is 0 Å². The van der Waals surface area contributed by atoms with Crippen molar-refractivity contribution in [3.8, 4) is 0 Å². The molecule has 5 nitrogen and oxygen atoms in total. The van der Waals surface area contributed by atoms with E-state index in [4.69, 9.17) is 0 Å². The van der Waals surface area contributed by atoms with Gasteiger partial charge in [-0.3, -0.25) is 14.5 Å². The number of hydrogen-bond donors (Lipinski definition) is 2. The van der Waals surface area contributed by atoms with Crippen LogP contribution in [0.2, 0.25) is 0 Å². The number of para-hydroxylation sites is 1. The van der Waals surface area contributed by atoms with Crippen molar-refractivity contribution in [3.05, 3.63) is 101 Å². The van der Waals surface area contributed by atoms with E-state index in [1.54, 1.807) is 6.92 Å². The molecule has 1 aliphatic heterocycles. The lowest BCUT2D eigenvalue weighted by Gasteiger charge is -2.27. The SMILES string of the molecule is CCC(=O)C1=C(O)C(=O)N(c2ccc(Nc3ccccc3)cc2)C1c1cccc(C)c1. The summed E-state index contributed by atoms with van der Waals surface area (Å²) in [4.78, 5) is 27.2. The van der Waals surface area contributed by atoms with E-state index in [0.717, 1.165) is 22.5 Å². The van der Waals surface area contributed by atoms with Crippen LogP contribution in [-0.4, -0.2) is 16.8 Å². The van der Waals surface area contributed by atoms with Gasteiger partial charge in [0.25, 0.3) is 5.91 Å². The summed E-state index contributed by atoms with van der Waals surface area (Å²) < 4.78 is 0. The van der Waals surface area contributed by atoms with Crippen molar-refractivity contribution in [2.75, 3.05) is 10.2 Å². The first kappa shape index (κ1) is 20.4. The molecule has 2 N–H and O–H groups in total. The van der Waals surface area contributed by atoms with Gasteiger partial charge in [-0.2, -0.15) is 0 Å². The molecular weight excluding hydrogens is 388 g/mol. The number of carbonyl (C=O) groups is 2. The smallest absolute Gasteiger partial charge is 0.294 e. The van der Waals surface area contributed by atoms with E-state index in [1.165, 1.54) is 4.90 Å². The second kappa shape index (κ2) is 8.48. The van der Waals surface area contributed by atoms with Crippen molar-refractivity contribution in [2.45, 2.75) is 26.3 Å². The van der Waals surface area contributed by atoms with E-state index in [-0.39, 0.29) is 17.8 Å². The maximum atomic E-state index is 13.0. The van der Waals surface area contributed by atoms with Crippen LogP contribution in [0.25, 0.3) is 0 Å². The van der Waals surface area contributed by atoms with Gasteiger partial charge in [0.2, 0.25) is 0 Å². The van der Waals surface area contributed by atoms with Crippen LogP contribution >= 0.6 is 0 Å². The Balaban J connectivity index is 1.72. The average Bonchev–Trinajstić information content (AvgIpc) is 3.05. The fourth-order valence-corrected chi connectivity index (χ4v) is 3.90. The molecule has 4 rings (SSSR count). The molecule has 3 aromatic carbocycles. The molecule has 0 saturated heterocycles. The highest BCUT2D eigenvalue weighted by Crippen LogP contribution is 2.41. The number of benzene rings is 3. The molecule has 5 heteroatoms. The van der Waals surface area contributed by atoms with Crippen LogP contribution in [-0.2, 0) is 9.59 Å². The summed E-state index contributed by atoms with van der Waals surface area (Å²) in [6.07, 6.45) is 0.211. The van der Waals surface area contributed by atoms with E-state index in [0.29, 0.717) is 5.69 Å². The van der Waals surface area contributed by atoms with Gasteiger partial charge in [0.05, 0.1) is 11.6 Å². The van der Waals surface area contributed by atoms with Gasteiger partial charge in [0.15, 0.2) is 11.5 Å². The summed E-state index contributed by atoms with van der Waals surface area (Å²) in [6, 6.07) is 24.2. The third kappa shape index (κ3) is 3.94. The number of carbonyl (C=O) groups excluding carboxylic acids is 2. The summed E-state index contributed by atoms with van der Waals surface area (Å²) in [5, 5.41) is 13.9. The zero-order valence-corrected chi connectivity index (χ0v) is 17.5. The molecule has 3 aromatic rings. The number of amides is 1. The molecule has 1 atom stereocenters. The van der Waals surface area contributed by atoms with Crippen LogP contribution in [0.4, 0.5) is 17.1 Å². The van der Waals surface area contributed by atoms with Gasteiger partial charge >= 0.3 is 0 Å². The second-order valence-corrected chi connectivity index (χ2v) is 7.57. The summed E-state index contributed by atoms with van der Waals surface area (Å²) in [6.45, 7) is 3.69. The third-order valence-electron chi connectivity index (χ3n) is 5.40. The quantitative estimate of drug-likeness (QED) is 0.551. The number of aliphatic hydroxyl groups excluding tert-OH is 1. The first-order valence-electron chi connectivity index (χ1n) is 10.3. The lowest BCUT2D eigenvalue weighted by molar-refractivity contribution is -0.118. The summed E-state index contributed by atoms with van der Waals surface area (Å²) in [5.41, 5.74) is 4.41. The van der Waals surface area contributed by atoms with Gasteiger partial charge in [0.1, 0.15) is 0 Å². The van der Waals surface area contributed by atoms with E-state index in [9.17, 15) is 14.7 Å². The van der Waals surface area contributed by atoms with Crippen molar-refractivity contribution >= 4 is 28.8 Å². The molecule has 0 spiro atoms. The lowest BCUT2D eigenvalue weighted by atomic mass is 9.94. The van der Waals surface area contributed by atoms with Crippen LogP contribution in [0.15, 0.2) is 90.2 Å². The molecule has 1 unspecified atom stereocenters. The summed E-state index contributed by atoms with van der Waals surface area (Å²) in [7, 11) is 0. The van der Waals surface area contributed by atoms with Crippen LogP contribution in [0, 0.1) is 6.92 Å². The zero-order valence-electron chi connectivity index (χ0n) is 17.5. The molecule has 0 radical (unpaired) electrons. The van der Waals surface area contributed by atoms with E-state index >= 15 is 0 Å². The molecule has 31 heavy (non-hydrogen) atoms. The predicted molar refractivity (Wildman–Crippen MR) is 123 cm³/mol. The van der Waals surface area contributed by atoms with Gasteiger partial charge in [-0.15, -0.1) is 0 Å². The molecule has 0 aromatic heterocycles. The third-order valence-corrected chi connectivity index (χ3v) is 5.40. The highest BCUT2D eigenvalue weighted by molar-refractivity contribution is 6.16. The molecule has 1 heterocycles. The van der Waals surface area contributed by atoms with E-state index in [1.807, 2.05) is 85.8 Å². The topological polar surface area (TPSA) is 69.6 Å². The maximum Gasteiger partial charge on any atom is 0.294 e. The first-order valence-corrected chi connectivity index (χ1v) is 10.3. The standard InChI is InChI=1S/C26H24N2O3/c1-3-22(29)23-24(18-9-7-8-17(2)16-18)28(26(31)25(23)30)21-14-12-20(13-15-21)27-19-10-5-4-6-11-19/h4-16,24,27,30H,3H2,1-2H3. The Hall–Kier alpha value is -3.86. The highest BCUT2D eigenvalue weighted by atomic mass is 16.3. The van der Waals surface area contributed by atoms with Crippen molar-refractivity contribution in [3.63, 3.8) is 0 Å². The van der Waals surface area contributed by atoms with Crippen LogP contribution in [0.3, 0.4) is 0 Å². The average molecular weight is 412 g/mol. The number of nitrogens with one attached hydrogen (secondary N) is 1. The predicted octanol–water partition coefficient (Wildman–Crippen LogP) is 5.62. The summed E-state index contributed by atoms with van der Waals surface area (Å²) in [5.74, 6) is -1.26. The number of nitrogens with zero attached hydrogens (tertiary/aromatic N) is 1. The van der Waals surface area contributed by atoms with Crippen LogP contribution in [0.1, 0.15) is 30.5 Å². The highest BCUT2D eigenvalue weighted by Gasteiger charge is 2.43. The Bertz CT molecular complexity index is 1150. The number of rotatable bonds is 6. The largest absolute Gasteiger partial charge is 0.503 e. The Morgan fingerprint density at radius 3 is 2.29 bits per heavy atom. The molecule has 1 amide bonds. The number of aliphatic hydroxyl groups is 1. The Morgan fingerprint density at radius 1 is 0.968 bits per heavy atom. The number of hydrogen-bond acceptors (Lipinski definition) is 4. The zero-order chi connectivity index (χ0) is 22.0. The van der Waals surface area contributed by atoms with Gasteiger partial charge in [-0.05, 0) is 48.9 Å². The Kier molecular flexibility index (Phi) is 5.58. The first-order chi connectivity index (χ1) is 15.0. The lowest BCUT2D eigenvalue weighted by Crippen LogP contribution is -2.31. The molecule has 0 bridgehead atoms. The fraction of sp³-hybridized carbons (Fsp3) is 0.154. The molecule has 1 aliphatic rings. The van der Waals surface area contributed by atoms with Gasteiger partial charge in [0, 0.05) is 23.5 Å². The Labute approximate surface area is 181 Å². The monoisotopic (exact) mass is 412 g/mol. The van der Waals surface area contributed by atoms with E-state index < -0.39 is 17.7 Å². The maximum absolute atomic E-state index is 13.0. The number of aryl methyl sites for hydroxylation is 1. The van der Waals surface area contributed by atoms with Crippen LogP contribution in [0.5, 0.6) is 0 Å². The minimum atomic E-state index is -0.659. The normalized spacial score (nSPS) is 16.0. The minimum Gasteiger partial charge on any atom is -0.503 e. The number of anilines is 3. The van der Waals surface area contributed by atoms with Crippen LogP contribution < -0.4 is 10.2 Å². The molecular formula is C26H24N2O3. The molecule has 0 fully saturated rings. The molecule has 156 valence electrons. The number of Topliss-reactive ketones (excluding diaryl/α,β-unsaturated/α-hetero) is 1. The van der Waals surface area contributed by atoms with Gasteiger partial charge < -0.3 is 10.4 Å². The molecule has 0 saturated carbocycles. The minimum absolute atomic E-state index is 0.157. The fourth-order valence-electron chi connectivity index (χ4n) is 3.90. The van der Waals surface area contributed by atoms with Gasteiger partial charge in [-0.1, -0.05) is 55.0 Å². The van der Waals surface area contributed by atoms with E-state index in [2.05, 4.69) is 5.32 Å². The second-order valence-electron chi connectivity index (χ2n) is 7.57. The van der Waals surface area contributed by atoms with Crippen molar-refractivity contribution in [1.82, 2.24) is 0 Å². The van der Waals surface area contributed by atoms with Crippen molar-refractivity contribution < 1.29 is 14.7 Å².